The van der Waals surface area contributed by atoms with E-state index in [2.05, 4.69) is 0 Å². The Morgan fingerprint density at radius 2 is 2.00 bits per heavy atom. The summed E-state index contributed by atoms with van der Waals surface area (Å²) in [7, 11) is 0. The van der Waals surface area contributed by atoms with Crippen molar-refractivity contribution in [1.82, 2.24) is 4.90 Å². The Balaban J connectivity index is 2.37. The first-order chi connectivity index (χ1) is 11.0. The first-order valence-electron chi connectivity index (χ1n) is 6.84. The highest BCUT2D eigenvalue weighted by Crippen LogP contribution is 2.35. The van der Waals surface area contributed by atoms with Crippen LogP contribution in [0.4, 0.5) is 18.9 Å². The van der Waals surface area contributed by atoms with Crippen molar-refractivity contribution in [3.05, 3.63) is 39.4 Å². The molecule has 1 aromatic rings. The number of carboxylic acid groups (broad SMARTS) is 1. The van der Waals surface area contributed by atoms with Crippen LogP contribution in [0.1, 0.15) is 29.3 Å². The summed E-state index contributed by atoms with van der Waals surface area (Å²) < 4.78 is 38.0. The lowest BCUT2D eigenvalue weighted by atomic mass is 9.90. The monoisotopic (exact) mass is 346 g/mol. The minimum atomic E-state index is -4.78. The fourth-order valence-corrected chi connectivity index (χ4v) is 2.52. The molecule has 130 valence electrons. The van der Waals surface area contributed by atoms with E-state index in [1.807, 2.05) is 0 Å². The van der Waals surface area contributed by atoms with E-state index in [1.54, 1.807) is 0 Å². The number of aliphatic carboxylic acids is 1. The van der Waals surface area contributed by atoms with Gasteiger partial charge in [0.05, 0.1) is 15.9 Å². The highest BCUT2D eigenvalue weighted by atomic mass is 19.4. The SMILES string of the molecule is CC1(C(=O)O)CCN(C(=O)c2ccc(C(F)(F)F)cc2[N+](=O)[O-])C1. The summed E-state index contributed by atoms with van der Waals surface area (Å²) in [6, 6.07) is 1.64. The topological polar surface area (TPSA) is 101 Å². The molecule has 0 spiro atoms. The molecule has 1 N–H and O–H groups in total. The molecule has 1 fully saturated rings. The first-order valence-corrected chi connectivity index (χ1v) is 6.84. The van der Waals surface area contributed by atoms with E-state index in [0.29, 0.717) is 12.1 Å². The van der Waals surface area contributed by atoms with Crippen molar-refractivity contribution >= 4 is 17.6 Å². The fraction of sp³-hybridized carbons (Fsp3) is 0.429. The molecule has 10 heteroatoms. The molecule has 7 nitrogen and oxygen atoms in total. The average molecular weight is 346 g/mol. The van der Waals surface area contributed by atoms with Gasteiger partial charge >= 0.3 is 12.1 Å². The smallest absolute Gasteiger partial charge is 0.416 e. The maximum atomic E-state index is 12.7. The van der Waals surface area contributed by atoms with Gasteiger partial charge in [-0.3, -0.25) is 19.7 Å². The molecular formula is C14H13F3N2O5. The lowest BCUT2D eigenvalue weighted by molar-refractivity contribution is -0.385. The number of rotatable bonds is 3. The summed E-state index contributed by atoms with van der Waals surface area (Å²) in [6.45, 7) is 1.32. The number of nitro benzene ring substituents is 1. The maximum absolute atomic E-state index is 12.7. The molecule has 0 aromatic heterocycles. The third-order valence-corrected chi connectivity index (χ3v) is 4.03. The number of hydrogen-bond donors (Lipinski definition) is 1. The zero-order chi connectivity index (χ0) is 18.3. The van der Waals surface area contributed by atoms with Crippen LogP contribution in [0.25, 0.3) is 0 Å². The molecule has 24 heavy (non-hydrogen) atoms. The van der Waals surface area contributed by atoms with Crippen molar-refractivity contribution in [1.29, 1.82) is 0 Å². The maximum Gasteiger partial charge on any atom is 0.416 e. The van der Waals surface area contributed by atoms with Crippen molar-refractivity contribution in [2.45, 2.75) is 19.5 Å². The van der Waals surface area contributed by atoms with Crippen LogP contribution in [-0.4, -0.2) is 39.9 Å². The third kappa shape index (κ3) is 3.17. The highest BCUT2D eigenvalue weighted by molar-refractivity contribution is 5.99. The van der Waals surface area contributed by atoms with E-state index in [-0.39, 0.29) is 19.5 Å². The predicted octanol–water partition coefficient (Wildman–Crippen LogP) is 2.55. The number of alkyl halides is 3. The van der Waals surface area contributed by atoms with Gasteiger partial charge in [-0.2, -0.15) is 13.2 Å². The molecule has 1 aliphatic rings. The third-order valence-electron chi connectivity index (χ3n) is 4.03. The van der Waals surface area contributed by atoms with Gasteiger partial charge in [-0.05, 0) is 25.5 Å². The zero-order valence-corrected chi connectivity index (χ0v) is 12.5. The molecule has 0 saturated carbocycles. The number of hydrogen-bond acceptors (Lipinski definition) is 4. The quantitative estimate of drug-likeness (QED) is 0.669. The van der Waals surface area contributed by atoms with Gasteiger partial charge in [0.2, 0.25) is 0 Å². The molecule has 1 aliphatic heterocycles. The fourth-order valence-electron chi connectivity index (χ4n) is 2.52. The molecule has 1 atom stereocenters. The normalized spacial score (nSPS) is 20.9. The zero-order valence-electron chi connectivity index (χ0n) is 12.5. The van der Waals surface area contributed by atoms with Crippen LogP contribution in [-0.2, 0) is 11.0 Å². The van der Waals surface area contributed by atoms with Crippen LogP contribution in [0, 0.1) is 15.5 Å². The number of carboxylic acids is 1. The molecule has 0 aliphatic carbocycles. The number of carbonyl (C=O) groups excluding carboxylic acids is 1. The predicted molar refractivity (Wildman–Crippen MR) is 74.4 cm³/mol. The van der Waals surface area contributed by atoms with Crippen LogP contribution >= 0.6 is 0 Å². The molecule has 1 unspecified atom stereocenters. The number of benzene rings is 1. The van der Waals surface area contributed by atoms with Crippen molar-refractivity contribution in [2.75, 3.05) is 13.1 Å². The number of amides is 1. The van der Waals surface area contributed by atoms with E-state index < -0.39 is 45.2 Å². The van der Waals surface area contributed by atoms with Gasteiger partial charge in [0, 0.05) is 19.2 Å². The molecule has 1 heterocycles. The van der Waals surface area contributed by atoms with Crippen molar-refractivity contribution in [3.8, 4) is 0 Å². The van der Waals surface area contributed by atoms with E-state index in [0.717, 1.165) is 11.0 Å². The Morgan fingerprint density at radius 3 is 2.46 bits per heavy atom. The summed E-state index contributed by atoms with van der Waals surface area (Å²) in [5.74, 6) is -1.97. The van der Waals surface area contributed by atoms with Crippen molar-refractivity contribution < 1.29 is 32.8 Å². The Bertz CT molecular complexity index is 719. The summed E-state index contributed by atoms with van der Waals surface area (Å²) >= 11 is 0. The Hall–Kier alpha value is -2.65. The minimum Gasteiger partial charge on any atom is -0.481 e. The summed E-state index contributed by atoms with van der Waals surface area (Å²) in [4.78, 5) is 34.6. The lowest BCUT2D eigenvalue weighted by Crippen LogP contribution is -2.35. The number of halogens is 3. The van der Waals surface area contributed by atoms with E-state index in [4.69, 9.17) is 5.11 Å². The van der Waals surface area contributed by atoms with Crippen molar-refractivity contribution in [3.63, 3.8) is 0 Å². The largest absolute Gasteiger partial charge is 0.481 e. The second kappa shape index (κ2) is 5.77. The minimum absolute atomic E-state index is 0.0554. The summed E-state index contributed by atoms with van der Waals surface area (Å²) in [5.41, 5.74) is -3.87. The van der Waals surface area contributed by atoms with E-state index in [1.165, 1.54) is 6.92 Å². The van der Waals surface area contributed by atoms with Gasteiger partial charge in [-0.25, -0.2) is 0 Å². The molecule has 0 bridgehead atoms. The molecule has 2 rings (SSSR count). The Kier molecular flexibility index (Phi) is 4.25. The van der Waals surface area contributed by atoms with Gasteiger partial charge in [0.1, 0.15) is 5.56 Å². The van der Waals surface area contributed by atoms with Crippen LogP contribution in [0.15, 0.2) is 18.2 Å². The highest BCUT2D eigenvalue weighted by Gasteiger charge is 2.43. The summed E-state index contributed by atoms with van der Waals surface area (Å²) in [6.07, 6.45) is -4.62. The van der Waals surface area contributed by atoms with Crippen LogP contribution in [0.3, 0.4) is 0 Å². The molecule has 1 aromatic carbocycles. The van der Waals surface area contributed by atoms with E-state index in [9.17, 15) is 32.9 Å². The van der Waals surface area contributed by atoms with Gasteiger partial charge in [-0.15, -0.1) is 0 Å². The lowest BCUT2D eigenvalue weighted by Gasteiger charge is -2.20. The number of nitro groups is 1. The molecular weight excluding hydrogens is 333 g/mol. The van der Waals surface area contributed by atoms with Crippen LogP contribution in [0.5, 0.6) is 0 Å². The average Bonchev–Trinajstić information content (AvgIpc) is 2.89. The number of carbonyl (C=O) groups is 2. The Morgan fingerprint density at radius 1 is 1.38 bits per heavy atom. The molecule has 0 radical (unpaired) electrons. The second-order valence-electron chi connectivity index (χ2n) is 5.83. The Labute approximate surface area is 133 Å². The molecule has 1 amide bonds. The second-order valence-corrected chi connectivity index (χ2v) is 5.83. The summed E-state index contributed by atoms with van der Waals surface area (Å²) in [5, 5.41) is 20.2. The number of nitrogens with zero attached hydrogens (tertiary/aromatic N) is 2. The molecule has 1 saturated heterocycles. The number of likely N-dealkylation sites (tertiary alicyclic amines) is 1. The first kappa shape index (κ1) is 17.7. The van der Waals surface area contributed by atoms with Crippen LogP contribution in [0.2, 0.25) is 0 Å². The van der Waals surface area contributed by atoms with Gasteiger partial charge in [-0.1, -0.05) is 0 Å². The van der Waals surface area contributed by atoms with Gasteiger partial charge < -0.3 is 10.0 Å². The van der Waals surface area contributed by atoms with Gasteiger partial charge in [0.15, 0.2) is 0 Å². The van der Waals surface area contributed by atoms with Crippen molar-refractivity contribution in [2.24, 2.45) is 5.41 Å². The van der Waals surface area contributed by atoms with Crippen LogP contribution < -0.4 is 0 Å². The standard InChI is InChI=1S/C14H13F3N2O5/c1-13(12(21)22)4-5-18(7-13)11(20)9-3-2-8(14(15,16)17)6-10(9)19(23)24/h2-3,6H,4-5,7H2,1H3,(H,21,22). The van der Waals surface area contributed by atoms with E-state index >= 15 is 0 Å². The van der Waals surface area contributed by atoms with Gasteiger partial charge in [0.25, 0.3) is 11.6 Å².